The number of carboxylic acid groups (broad SMARTS) is 2. The summed E-state index contributed by atoms with van der Waals surface area (Å²) in [6, 6.07) is 16.4. The van der Waals surface area contributed by atoms with Crippen LogP contribution in [-0.2, 0) is 16.1 Å². The van der Waals surface area contributed by atoms with Gasteiger partial charge in [0.15, 0.2) is 0 Å². The first-order chi connectivity index (χ1) is 14.3. The third kappa shape index (κ3) is 8.55. The molecule has 30 heavy (non-hydrogen) atoms. The summed E-state index contributed by atoms with van der Waals surface area (Å²) < 4.78 is 0. The summed E-state index contributed by atoms with van der Waals surface area (Å²) in [6.07, 6.45) is 4.45. The molecule has 1 aliphatic heterocycles. The van der Waals surface area contributed by atoms with E-state index in [-0.39, 0.29) is 0 Å². The Morgan fingerprint density at radius 3 is 2.03 bits per heavy atom. The monoisotopic (exact) mass is 450 g/mol. The molecule has 2 aromatic rings. The molecule has 0 aromatic heterocycles. The van der Waals surface area contributed by atoms with Gasteiger partial charge in [0.25, 0.3) is 0 Å². The molecule has 1 fully saturated rings. The van der Waals surface area contributed by atoms with Crippen LogP contribution >= 0.6 is 23.2 Å². The Bertz CT molecular complexity index is 855. The number of nitrogens with zero attached hydrogens (tertiary/aromatic N) is 2. The lowest BCUT2D eigenvalue weighted by molar-refractivity contribution is -0.159. The van der Waals surface area contributed by atoms with E-state index < -0.39 is 11.9 Å². The highest BCUT2D eigenvalue weighted by Crippen LogP contribution is 2.23. The van der Waals surface area contributed by atoms with Crippen LogP contribution in [0.15, 0.2) is 54.6 Å². The Hall–Kier alpha value is -2.38. The molecular weight excluding hydrogens is 427 g/mol. The van der Waals surface area contributed by atoms with Crippen LogP contribution < -0.4 is 0 Å². The van der Waals surface area contributed by atoms with Gasteiger partial charge in [-0.2, -0.15) is 0 Å². The van der Waals surface area contributed by atoms with Crippen molar-refractivity contribution in [3.8, 4) is 0 Å². The van der Waals surface area contributed by atoms with Crippen LogP contribution in [-0.4, -0.2) is 64.7 Å². The fourth-order valence-electron chi connectivity index (χ4n) is 2.93. The minimum atomic E-state index is -1.82. The molecular formula is C22H24Cl2N2O4. The Balaban J connectivity index is 0.000000469. The Kier molecular flexibility index (Phi) is 9.83. The first-order valence-electron chi connectivity index (χ1n) is 9.41. The molecule has 8 heteroatoms. The van der Waals surface area contributed by atoms with E-state index in [0.717, 1.165) is 39.3 Å². The summed E-state index contributed by atoms with van der Waals surface area (Å²) in [4.78, 5) is 23.2. The third-order valence-corrected chi connectivity index (χ3v) is 5.25. The zero-order valence-corrected chi connectivity index (χ0v) is 17.9. The maximum Gasteiger partial charge on any atom is 0.414 e. The smallest absolute Gasteiger partial charge is 0.414 e. The van der Waals surface area contributed by atoms with Crippen molar-refractivity contribution in [1.82, 2.24) is 9.80 Å². The molecule has 0 radical (unpaired) electrons. The molecule has 2 aromatic carbocycles. The molecule has 0 spiro atoms. The summed E-state index contributed by atoms with van der Waals surface area (Å²) in [5.74, 6) is -3.65. The first-order valence-corrected chi connectivity index (χ1v) is 10.2. The molecule has 160 valence electrons. The SMILES string of the molecule is Clc1ccc(CN2CCN(C/C=C/c3ccccc3)CC2)cc1Cl.O=C(O)C(=O)O. The van der Waals surface area contributed by atoms with Crippen LogP contribution in [0.1, 0.15) is 11.1 Å². The summed E-state index contributed by atoms with van der Waals surface area (Å²) in [7, 11) is 0. The van der Waals surface area contributed by atoms with Crippen molar-refractivity contribution in [2.75, 3.05) is 32.7 Å². The maximum absolute atomic E-state index is 9.10. The zero-order chi connectivity index (χ0) is 21.9. The minimum Gasteiger partial charge on any atom is -0.473 e. The zero-order valence-electron chi connectivity index (χ0n) is 16.4. The van der Waals surface area contributed by atoms with Gasteiger partial charge in [0.2, 0.25) is 0 Å². The second kappa shape index (κ2) is 12.3. The number of carbonyl (C=O) groups is 2. The number of rotatable bonds is 5. The molecule has 0 unspecified atom stereocenters. The molecule has 0 aliphatic carbocycles. The molecule has 3 rings (SSSR count). The number of hydrogen-bond acceptors (Lipinski definition) is 4. The van der Waals surface area contributed by atoms with E-state index in [0.29, 0.717) is 10.0 Å². The van der Waals surface area contributed by atoms with Crippen LogP contribution in [0.3, 0.4) is 0 Å². The Morgan fingerprint density at radius 2 is 1.47 bits per heavy atom. The van der Waals surface area contributed by atoms with E-state index in [4.69, 9.17) is 43.0 Å². The van der Waals surface area contributed by atoms with Crippen LogP contribution in [0, 0.1) is 0 Å². The van der Waals surface area contributed by atoms with Crippen molar-refractivity contribution in [1.29, 1.82) is 0 Å². The van der Waals surface area contributed by atoms with Crippen molar-refractivity contribution in [2.24, 2.45) is 0 Å². The van der Waals surface area contributed by atoms with E-state index in [1.807, 2.05) is 18.2 Å². The quantitative estimate of drug-likeness (QED) is 0.670. The number of hydrogen-bond donors (Lipinski definition) is 2. The van der Waals surface area contributed by atoms with Gasteiger partial charge < -0.3 is 10.2 Å². The summed E-state index contributed by atoms with van der Waals surface area (Å²) in [5.41, 5.74) is 2.48. The number of benzene rings is 2. The van der Waals surface area contributed by atoms with E-state index in [9.17, 15) is 0 Å². The molecule has 1 aliphatic rings. The lowest BCUT2D eigenvalue weighted by atomic mass is 10.2. The Morgan fingerprint density at radius 1 is 0.867 bits per heavy atom. The third-order valence-electron chi connectivity index (χ3n) is 4.51. The average molecular weight is 451 g/mol. The number of carboxylic acids is 2. The number of aliphatic carboxylic acids is 2. The molecule has 0 bridgehead atoms. The highest BCUT2D eigenvalue weighted by Gasteiger charge is 2.16. The van der Waals surface area contributed by atoms with Crippen LogP contribution in [0.2, 0.25) is 10.0 Å². The Labute approximate surface area is 185 Å². The molecule has 0 saturated carbocycles. The van der Waals surface area contributed by atoms with E-state index in [1.165, 1.54) is 11.1 Å². The second-order valence-corrected chi connectivity index (χ2v) is 7.56. The predicted octanol–water partition coefficient (Wildman–Crippen LogP) is 3.98. The van der Waals surface area contributed by atoms with Crippen molar-refractivity contribution in [3.05, 3.63) is 75.8 Å². The predicted molar refractivity (Wildman–Crippen MR) is 119 cm³/mol. The largest absolute Gasteiger partial charge is 0.473 e. The highest BCUT2D eigenvalue weighted by molar-refractivity contribution is 6.42. The van der Waals surface area contributed by atoms with Gasteiger partial charge in [-0.25, -0.2) is 9.59 Å². The highest BCUT2D eigenvalue weighted by atomic mass is 35.5. The summed E-state index contributed by atoms with van der Waals surface area (Å²) >= 11 is 12.1. The van der Waals surface area contributed by atoms with Crippen LogP contribution in [0.4, 0.5) is 0 Å². The molecule has 0 atom stereocenters. The van der Waals surface area contributed by atoms with Crippen molar-refractivity contribution in [2.45, 2.75) is 6.54 Å². The van der Waals surface area contributed by atoms with Gasteiger partial charge in [0, 0.05) is 39.3 Å². The van der Waals surface area contributed by atoms with Crippen molar-refractivity contribution >= 4 is 41.2 Å². The molecule has 0 amide bonds. The van der Waals surface area contributed by atoms with Gasteiger partial charge in [-0.3, -0.25) is 9.80 Å². The first kappa shape index (κ1) is 23.9. The van der Waals surface area contributed by atoms with Gasteiger partial charge >= 0.3 is 11.9 Å². The standard InChI is InChI=1S/C20H22Cl2N2.C2H2O4/c21-19-9-8-18(15-20(19)22)16-24-13-11-23(12-14-24)10-4-7-17-5-2-1-3-6-17;3-1(4)2(5)6/h1-9,15H,10-14,16H2;(H,3,4)(H,5,6)/b7-4+;. The van der Waals surface area contributed by atoms with E-state index >= 15 is 0 Å². The lowest BCUT2D eigenvalue weighted by Crippen LogP contribution is -2.45. The topological polar surface area (TPSA) is 81.1 Å². The fraction of sp³-hybridized carbons (Fsp3) is 0.273. The van der Waals surface area contributed by atoms with Crippen molar-refractivity contribution < 1.29 is 19.8 Å². The van der Waals surface area contributed by atoms with Crippen molar-refractivity contribution in [3.63, 3.8) is 0 Å². The van der Waals surface area contributed by atoms with Gasteiger partial charge in [-0.15, -0.1) is 0 Å². The van der Waals surface area contributed by atoms with E-state index in [1.54, 1.807) is 0 Å². The number of piperazine rings is 1. The lowest BCUT2D eigenvalue weighted by Gasteiger charge is -2.34. The van der Waals surface area contributed by atoms with Gasteiger partial charge in [-0.05, 0) is 23.3 Å². The fourth-order valence-corrected chi connectivity index (χ4v) is 3.25. The van der Waals surface area contributed by atoms with Gasteiger partial charge in [0.05, 0.1) is 10.0 Å². The van der Waals surface area contributed by atoms with Crippen LogP contribution in [0.25, 0.3) is 6.08 Å². The molecule has 2 N–H and O–H groups in total. The minimum absolute atomic E-state index is 0.621. The number of halogens is 2. The second-order valence-electron chi connectivity index (χ2n) is 6.75. The van der Waals surface area contributed by atoms with Gasteiger partial charge in [0.1, 0.15) is 0 Å². The van der Waals surface area contributed by atoms with Crippen LogP contribution in [0.5, 0.6) is 0 Å². The summed E-state index contributed by atoms with van der Waals surface area (Å²) in [6.45, 7) is 6.31. The van der Waals surface area contributed by atoms with Gasteiger partial charge in [-0.1, -0.05) is 71.8 Å². The maximum atomic E-state index is 9.10. The summed E-state index contributed by atoms with van der Waals surface area (Å²) in [5, 5.41) is 16.0. The average Bonchev–Trinajstić information content (AvgIpc) is 2.73. The molecule has 1 saturated heterocycles. The molecule has 1 heterocycles. The normalized spacial score (nSPS) is 14.9. The van der Waals surface area contributed by atoms with E-state index in [2.05, 4.69) is 52.3 Å². The molecule has 6 nitrogen and oxygen atoms in total.